The van der Waals surface area contributed by atoms with Gasteiger partial charge in [-0.05, 0) is 125 Å². The van der Waals surface area contributed by atoms with Gasteiger partial charge in [-0.1, -0.05) is 72.0 Å². The lowest BCUT2D eigenvalue weighted by atomic mass is 9.47. The number of hydrogen-bond donors (Lipinski definition) is 1. The summed E-state index contributed by atoms with van der Waals surface area (Å²) < 4.78 is 16.0. The molecular formula is C44H74N2O7. The molecule has 9 atom stereocenters. The number of nitrogens with one attached hydrogen (secondary N) is 1. The van der Waals surface area contributed by atoms with Crippen molar-refractivity contribution >= 4 is 23.9 Å². The van der Waals surface area contributed by atoms with E-state index < -0.39 is 11.9 Å². The van der Waals surface area contributed by atoms with Gasteiger partial charge in [0.2, 0.25) is 5.91 Å². The fourth-order valence-corrected chi connectivity index (χ4v) is 11.2. The topological polar surface area (TPSA) is 111 Å². The predicted octanol–water partition coefficient (Wildman–Crippen LogP) is 9.42. The van der Waals surface area contributed by atoms with Crippen LogP contribution < -0.4 is 5.32 Å². The fraction of sp³-hybridized carbons (Fsp3) is 0.864. The van der Waals surface area contributed by atoms with Gasteiger partial charge >= 0.3 is 18.0 Å². The molecule has 0 radical (unpaired) electrons. The van der Waals surface area contributed by atoms with E-state index in [9.17, 15) is 19.2 Å². The van der Waals surface area contributed by atoms with Gasteiger partial charge in [0.25, 0.3) is 0 Å². The van der Waals surface area contributed by atoms with Gasteiger partial charge in [-0.25, -0.2) is 4.79 Å². The zero-order chi connectivity index (χ0) is 38.8. The number of allylic oxidation sites excluding steroid dienone is 1. The molecule has 4 aliphatic carbocycles. The maximum absolute atomic E-state index is 13.0. The average molecular weight is 743 g/mol. The number of alkyl carbamates (subject to hydrolysis) is 1. The molecular weight excluding hydrogens is 668 g/mol. The molecule has 0 spiro atoms. The number of nitrogens with zero attached hydrogens (tertiary/aromatic N) is 1. The third-order valence-corrected chi connectivity index (χ3v) is 14.0. The first kappa shape index (κ1) is 43.2. The number of fused-ring (bicyclic) bond motifs is 5. The molecule has 4 aliphatic rings. The Morgan fingerprint density at radius 1 is 0.849 bits per heavy atom. The van der Waals surface area contributed by atoms with Crippen LogP contribution in [0.15, 0.2) is 11.6 Å². The van der Waals surface area contributed by atoms with Crippen LogP contribution in [0.2, 0.25) is 0 Å². The van der Waals surface area contributed by atoms with E-state index >= 15 is 0 Å². The van der Waals surface area contributed by atoms with E-state index in [1.54, 1.807) is 13.8 Å². The predicted molar refractivity (Wildman–Crippen MR) is 209 cm³/mol. The van der Waals surface area contributed by atoms with Gasteiger partial charge in [0, 0.05) is 25.4 Å². The van der Waals surface area contributed by atoms with Crippen LogP contribution in [0, 0.1) is 46.3 Å². The van der Waals surface area contributed by atoms with Crippen molar-refractivity contribution in [1.82, 2.24) is 10.2 Å². The maximum atomic E-state index is 13.0. The van der Waals surface area contributed by atoms with Crippen molar-refractivity contribution in [3.63, 3.8) is 0 Å². The van der Waals surface area contributed by atoms with Crippen molar-refractivity contribution in [2.24, 2.45) is 46.3 Å². The SMILES string of the molecule is CCOC(=O)CCN(CC(=O)OCC)C(=O)CCCCC(C)NC(=O)O[C@H]1CC[C@@]2(C)C(=CCC3C2CC[C@@]2(C)C3CC[C@@H]2C(C)CCCC(C)C)C1. The Hall–Kier alpha value is -2.58. The highest BCUT2D eigenvalue weighted by molar-refractivity contribution is 5.82. The monoisotopic (exact) mass is 743 g/mol. The summed E-state index contributed by atoms with van der Waals surface area (Å²) in [6.45, 7) is 18.3. The van der Waals surface area contributed by atoms with Gasteiger partial charge in [0.15, 0.2) is 0 Å². The molecule has 302 valence electrons. The Morgan fingerprint density at radius 3 is 2.30 bits per heavy atom. The van der Waals surface area contributed by atoms with E-state index in [1.165, 1.54) is 61.8 Å². The van der Waals surface area contributed by atoms with Gasteiger partial charge in [0.1, 0.15) is 12.6 Å². The summed E-state index contributed by atoms with van der Waals surface area (Å²) in [7, 11) is 0. The van der Waals surface area contributed by atoms with Crippen LogP contribution in [0.4, 0.5) is 4.79 Å². The molecule has 2 amide bonds. The van der Waals surface area contributed by atoms with Crippen LogP contribution in [0.25, 0.3) is 0 Å². The zero-order valence-electron chi connectivity index (χ0n) is 34.6. The normalized spacial score (nSPS) is 30.2. The lowest BCUT2D eigenvalue weighted by Crippen LogP contribution is -2.51. The average Bonchev–Trinajstić information content (AvgIpc) is 3.46. The summed E-state index contributed by atoms with van der Waals surface area (Å²) in [4.78, 5) is 51.2. The lowest BCUT2D eigenvalue weighted by molar-refractivity contribution is -0.150. The van der Waals surface area contributed by atoms with Crippen molar-refractivity contribution in [3.05, 3.63) is 11.6 Å². The van der Waals surface area contributed by atoms with Crippen LogP contribution in [0.3, 0.4) is 0 Å². The number of amides is 2. The first-order valence-electron chi connectivity index (χ1n) is 21.5. The number of ether oxygens (including phenoxy) is 3. The van der Waals surface area contributed by atoms with Gasteiger partial charge in [-0.3, -0.25) is 14.4 Å². The van der Waals surface area contributed by atoms with E-state index in [-0.39, 0.29) is 68.7 Å². The molecule has 0 aliphatic heterocycles. The van der Waals surface area contributed by atoms with Crippen molar-refractivity contribution < 1.29 is 33.4 Å². The maximum Gasteiger partial charge on any atom is 0.407 e. The van der Waals surface area contributed by atoms with E-state index in [4.69, 9.17) is 14.2 Å². The molecule has 0 aromatic carbocycles. The van der Waals surface area contributed by atoms with E-state index in [0.29, 0.717) is 18.3 Å². The molecule has 9 nitrogen and oxygen atoms in total. The third kappa shape index (κ3) is 11.2. The number of hydrogen-bond acceptors (Lipinski definition) is 7. The van der Waals surface area contributed by atoms with E-state index in [2.05, 4.69) is 46.0 Å². The Morgan fingerprint density at radius 2 is 1.58 bits per heavy atom. The zero-order valence-corrected chi connectivity index (χ0v) is 34.6. The molecule has 9 heteroatoms. The highest BCUT2D eigenvalue weighted by Gasteiger charge is 2.59. The van der Waals surface area contributed by atoms with Crippen LogP contribution in [0.5, 0.6) is 0 Å². The summed E-state index contributed by atoms with van der Waals surface area (Å²) in [5, 5.41) is 3.02. The second-order valence-corrected chi connectivity index (χ2v) is 18.0. The number of carbonyl (C=O) groups excluding carboxylic acids is 4. The van der Waals surface area contributed by atoms with Crippen LogP contribution in [-0.4, -0.2) is 67.3 Å². The van der Waals surface area contributed by atoms with E-state index in [1.807, 2.05) is 6.92 Å². The first-order chi connectivity index (χ1) is 25.2. The van der Waals surface area contributed by atoms with Crippen LogP contribution >= 0.6 is 0 Å². The van der Waals surface area contributed by atoms with Gasteiger partial charge in [-0.15, -0.1) is 0 Å². The molecule has 0 aromatic heterocycles. The summed E-state index contributed by atoms with van der Waals surface area (Å²) >= 11 is 0. The van der Waals surface area contributed by atoms with Crippen LogP contribution in [0.1, 0.15) is 158 Å². The first-order valence-corrected chi connectivity index (χ1v) is 21.5. The number of carbonyl (C=O) groups is 4. The quantitative estimate of drug-likeness (QED) is 0.0608. The summed E-state index contributed by atoms with van der Waals surface area (Å²) in [6, 6.07) is -0.0923. The van der Waals surface area contributed by atoms with Gasteiger partial charge < -0.3 is 24.4 Å². The lowest BCUT2D eigenvalue weighted by Gasteiger charge is -2.58. The Kier molecular flexibility index (Phi) is 16.2. The highest BCUT2D eigenvalue weighted by atomic mass is 16.6. The van der Waals surface area contributed by atoms with Gasteiger partial charge in [0.05, 0.1) is 19.6 Å². The van der Waals surface area contributed by atoms with Crippen molar-refractivity contribution in [3.8, 4) is 0 Å². The Balaban J connectivity index is 1.21. The molecule has 3 saturated carbocycles. The Labute approximate surface area is 321 Å². The fourth-order valence-electron chi connectivity index (χ4n) is 11.2. The summed E-state index contributed by atoms with van der Waals surface area (Å²) in [5.74, 6) is 3.77. The Bertz CT molecular complexity index is 1270. The molecule has 53 heavy (non-hydrogen) atoms. The van der Waals surface area contributed by atoms with Crippen LogP contribution in [-0.2, 0) is 28.6 Å². The van der Waals surface area contributed by atoms with E-state index in [0.717, 1.165) is 61.2 Å². The van der Waals surface area contributed by atoms with Crippen molar-refractivity contribution in [1.29, 1.82) is 0 Å². The molecule has 0 heterocycles. The largest absolute Gasteiger partial charge is 0.466 e. The standard InChI is InChI=1S/C44H74N2O7/c1-9-51-40(48)24-27-46(29-41(49)52-10-2)39(47)17-12-11-16-32(6)45-42(50)53-34-22-25-43(7)33(28-34)18-19-35-37-21-20-36(31(5)15-13-14-30(3)4)44(37,8)26-23-38(35)43/h18,30-32,34-38H,9-17,19-29H2,1-8H3,(H,45,50)/t31?,32?,34-,35?,36+,37?,38?,43-,44+/m0/s1. The minimum absolute atomic E-state index is 0.0270. The molecule has 1 N–H and O–H groups in total. The smallest absolute Gasteiger partial charge is 0.407 e. The number of esters is 2. The molecule has 4 rings (SSSR count). The molecule has 3 fully saturated rings. The minimum atomic E-state index is -0.496. The number of unbranched alkanes of at least 4 members (excludes halogenated alkanes) is 1. The minimum Gasteiger partial charge on any atom is -0.466 e. The molecule has 0 bridgehead atoms. The molecule has 0 saturated heterocycles. The third-order valence-electron chi connectivity index (χ3n) is 14.0. The molecule has 0 aromatic rings. The summed E-state index contributed by atoms with van der Waals surface area (Å²) in [5.41, 5.74) is 2.23. The van der Waals surface area contributed by atoms with Gasteiger partial charge in [-0.2, -0.15) is 0 Å². The second-order valence-electron chi connectivity index (χ2n) is 18.0. The number of rotatable bonds is 19. The van der Waals surface area contributed by atoms with Crippen molar-refractivity contribution in [2.75, 3.05) is 26.3 Å². The second kappa shape index (κ2) is 19.8. The molecule has 5 unspecified atom stereocenters. The van der Waals surface area contributed by atoms with Crippen molar-refractivity contribution in [2.45, 2.75) is 170 Å². The summed E-state index contributed by atoms with van der Waals surface area (Å²) in [6.07, 6.45) is 18.1. The highest BCUT2D eigenvalue weighted by Crippen LogP contribution is 2.67.